The first-order valence-electron chi connectivity index (χ1n) is 7.85. The number of carbonyl (C=O) groups is 2. The van der Waals surface area contributed by atoms with Crippen molar-refractivity contribution < 1.29 is 14.8 Å². The topological polar surface area (TPSA) is 107 Å². The minimum atomic E-state index is -0.481. The summed E-state index contributed by atoms with van der Waals surface area (Å²) in [7, 11) is 0. The van der Waals surface area contributed by atoms with Crippen LogP contribution in [0.15, 0.2) is 12.3 Å². The summed E-state index contributed by atoms with van der Waals surface area (Å²) in [5.74, 6) is -0.0104. The number of hydrogen-bond acceptors (Lipinski definition) is 6. The van der Waals surface area contributed by atoms with Crippen LogP contribution in [-0.2, 0) is 9.59 Å². The number of amides is 2. The number of aromatic nitrogens is 2. The molecule has 1 aliphatic rings. The van der Waals surface area contributed by atoms with Crippen molar-refractivity contribution in [3.8, 4) is 0 Å². The summed E-state index contributed by atoms with van der Waals surface area (Å²) in [6.07, 6.45) is 7.07. The van der Waals surface area contributed by atoms with Crippen LogP contribution < -0.4 is 10.9 Å². The standard InChI is InChI=1S/C15H23N5O3/c1-11-6-7-16-15(17-11)19-18-14(22)13(9-20(23)10-21)8-12-4-2-3-5-12/h6-7,10,12-13,23H,2-5,8-9H2,1H3,(H,18,22)(H,16,17,19). The Kier molecular flexibility index (Phi) is 6.28. The van der Waals surface area contributed by atoms with Gasteiger partial charge in [0.25, 0.3) is 0 Å². The van der Waals surface area contributed by atoms with Crippen LogP contribution in [0.25, 0.3) is 0 Å². The van der Waals surface area contributed by atoms with E-state index in [0.717, 1.165) is 18.5 Å². The predicted octanol–water partition coefficient (Wildman–Crippen LogP) is 1.27. The van der Waals surface area contributed by atoms with Gasteiger partial charge in [0.15, 0.2) is 0 Å². The first-order valence-corrected chi connectivity index (χ1v) is 7.85. The molecule has 2 rings (SSSR count). The fourth-order valence-electron chi connectivity index (χ4n) is 2.91. The van der Waals surface area contributed by atoms with E-state index in [1.165, 1.54) is 12.8 Å². The van der Waals surface area contributed by atoms with Gasteiger partial charge in [-0.15, -0.1) is 0 Å². The zero-order chi connectivity index (χ0) is 16.7. The molecule has 23 heavy (non-hydrogen) atoms. The number of anilines is 1. The summed E-state index contributed by atoms with van der Waals surface area (Å²) in [6, 6.07) is 1.75. The van der Waals surface area contributed by atoms with Crippen molar-refractivity contribution in [2.45, 2.75) is 39.0 Å². The average Bonchev–Trinajstić information content (AvgIpc) is 3.05. The normalized spacial score (nSPS) is 15.9. The van der Waals surface area contributed by atoms with Gasteiger partial charge >= 0.3 is 0 Å². The van der Waals surface area contributed by atoms with E-state index in [1.54, 1.807) is 12.3 Å². The minimum absolute atomic E-state index is 0.0256. The molecular weight excluding hydrogens is 298 g/mol. The lowest BCUT2D eigenvalue weighted by Gasteiger charge is -2.22. The lowest BCUT2D eigenvalue weighted by molar-refractivity contribution is -0.154. The van der Waals surface area contributed by atoms with E-state index in [1.807, 2.05) is 6.92 Å². The van der Waals surface area contributed by atoms with Crippen LogP contribution in [0.2, 0.25) is 0 Å². The number of hydrazine groups is 1. The van der Waals surface area contributed by atoms with E-state index >= 15 is 0 Å². The van der Waals surface area contributed by atoms with E-state index in [-0.39, 0.29) is 12.5 Å². The third-order valence-corrected chi connectivity index (χ3v) is 4.08. The molecule has 1 unspecified atom stereocenters. The highest BCUT2D eigenvalue weighted by atomic mass is 16.5. The van der Waals surface area contributed by atoms with Gasteiger partial charge in [-0.3, -0.25) is 25.6 Å². The van der Waals surface area contributed by atoms with Crippen LogP contribution in [0, 0.1) is 18.8 Å². The summed E-state index contributed by atoms with van der Waals surface area (Å²) < 4.78 is 0. The van der Waals surface area contributed by atoms with Crippen molar-refractivity contribution in [2.75, 3.05) is 12.0 Å². The fourth-order valence-corrected chi connectivity index (χ4v) is 2.91. The average molecular weight is 321 g/mol. The molecule has 0 spiro atoms. The van der Waals surface area contributed by atoms with Crippen LogP contribution in [0.4, 0.5) is 5.95 Å². The fraction of sp³-hybridized carbons (Fsp3) is 0.600. The van der Waals surface area contributed by atoms with Crippen LogP contribution in [-0.4, -0.2) is 39.1 Å². The van der Waals surface area contributed by atoms with E-state index in [2.05, 4.69) is 20.8 Å². The van der Waals surface area contributed by atoms with Gasteiger partial charge in [-0.1, -0.05) is 25.7 Å². The second-order valence-electron chi connectivity index (χ2n) is 5.95. The first kappa shape index (κ1) is 17.1. The van der Waals surface area contributed by atoms with E-state index in [9.17, 15) is 14.8 Å². The molecule has 1 aliphatic carbocycles. The molecule has 3 N–H and O–H groups in total. The molecule has 126 valence electrons. The molecule has 8 nitrogen and oxygen atoms in total. The summed E-state index contributed by atoms with van der Waals surface area (Å²) >= 11 is 0. The lowest BCUT2D eigenvalue weighted by atomic mass is 9.92. The van der Waals surface area contributed by atoms with Crippen molar-refractivity contribution in [3.05, 3.63) is 18.0 Å². The number of nitrogens with one attached hydrogen (secondary N) is 2. The largest absolute Gasteiger partial charge is 0.286 e. The van der Waals surface area contributed by atoms with Crippen LogP contribution in [0.3, 0.4) is 0 Å². The first-order chi connectivity index (χ1) is 11.1. The number of hydrogen-bond donors (Lipinski definition) is 3. The maximum Gasteiger partial charge on any atom is 0.243 e. The summed E-state index contributed by atoms with van der Waals surface area (Å²) in [5.41, 5.74) is 6.01. The molecular formula is C15H23N5O3. The molecule has 0 aliphatic heterocycles. The highest BCUT2D eigenvalue weighted by Crippen LogP contribution is 2.30. The van der Waals surface area contributed by atoms with Gasteiger partial charge in [-0.2, -0.15) is 0 Å². The smallest absolute Gasteiger partial charge is 0.243 e. The number of aryl methyl sites for hydroxylation is 1. The lowest BCUT2D eigenvalue weighted by Crippen LogP contribution is -2.41. The summed E-state index contributed by atoms with van der Waals surface area (Å²) in [5, 5.41) is 9.93. The van der Waals surface area contributed by atoms with E-state index in [0.29, 0.717) is 29.8 Å². The number of rotatable bonds is 8. The Labute approximate surface area is 135 Å². The zero-order valence-corrected chi connectivity index (χ0v) is 13.2. The number of carbonyl (C=O) groups excluding carboxylic acids is 2. The number of hydroxylamine groups is 2. The molecule has 8 heteroatoms. The van der Waals surface area contributed by atoms with Crippen molar-refractivity contribution in [3.63, 3.8) is 0 Å². The molecule has 2 amide bonds. The Morgan fingerprint density at radius 3 is 2.91 bits per heavy atom. The van der Waals surface area contributed by atoms with Gasteiger partial charge in [0.05, 0.1) is 12.5 Å². The Morgan fingerprint density at radius 2 is 2.26 bits per heavy atom. The van der Waals surface area contributed by atoms with Crippen LogP contribution in [0.1, 0.15) is 37.8 Å². The third-order valence-electron chi connectivity index (χ3n) is 4.08. The van der Waals surface area contributed by atoms with Gasteiger partial charge in [-0.25, -0.2) is 15.0 Å². The highest BCUT2D eigenvalue weighted by Gasteiger charge is 2.26. The minimum Gasteiger partial charge on any atom is -0.286 e. The summed E-state index contributed by atoms with van der Waals surface area (Å²) in [4.78, 5) is 31.1. The van der Waals surface area contributed by atoms with Gasteiger partial charge in [0.2, 0.25) is 18.3 Å². The second-order valence-corrected chi connectivity index (χ2v) is 5.95. The Bertz CT molecular complexity index is 534. The molecule has 0 radical (unpaired) electrons. The Morgan fingerprint density at radius 1 is 1.52 bits per heavy atom. The SMILES string of the molecule is Cc1ccnc(NNC(=O)C(CC2CCCC2)CN(O)C=O)n1. The van der Waals surface area contributed by atoms with Crippen molar-refractivity contribution in [1.29, 1.82) is 0 Å². The number of nitrogens with zero attached hydrogens (tertiary/aromatic N) is 3. The maximum absolute atomic E-state index is 12.4. The van der Waals surface area contributed by atoms with Gasteiger partial charge in [0, 0.05) is 11.9 Å². The third kappa shape index (κ3) is 5.48. The van der Waals surface area contributed by atoms with Gasteiger partial charge in [0.1, 0.15) is 0 Å². The Hall–Kier alpha value is -2.22. The van der Waals surface area contributed by atoms with Crippen LogP contribution in [0.5, 0.6) is 0 Å². The molecule has 1 saturated carbocycles. The van der Waals surface area contributed by atoms with Gasteiger partial charge in [-0.05, 0) is 25.3 Å². The highest BCUT2D eigenvalue weighted by molar-refractivity contribution is 5.80. The molecule has 1 atom stereocenters. The van der Waals surface area contributed by atoms with Crippen LogP contribution >= 0.6 is 0 Å². The molecule has 1 aromatic rings. The van der Waals surface area contributed by atoms with E-state index in [4.69, 9.17) is 0 Å². The molecule has 1 fully saturated rings. The van der Waals surface area contributed by atoms with Crippen molar-refractivity contribution in [2.24, 2.45) is 11.8 Å². The summed E-state index contributed by atoms with van der Waals surface area (Å²) in [6.45, 7) is 1.80. The monoisotopic (exact) mass is 321 g/mol. The molecule has 1 heterocycles. The predicted molar refractivity (Wildman–Crippen MR) is 83.2 cm³/mol. The molecule has 0 aromatic carbocycles. The molecule has 0 bridgehead atoms. The Balaban J connectivity index is 1.92. The second kappa shape index (κ2) is 8.42. The van der Waals surface area contributed by atoms with Crippen molar-refractivity contribution in [1.82, 2.24) is 20.5 Å². The maximum atomic E-state index is 12.4. The molecule has 0 saturated heterocycles. The van der Waals surface area contributed by atoms with E-state index < -0.39 is 5.92 Å². The molecule has 1 aromatic heterocycles. The van der Waals surface area contributed by atoms with Crippen molar-refractivity contribution >= 4 is 18.3 Å². The zero-order valence-electron chi connectivity index (χ0n) is 13.2. The quantitative estimate of drug-likeness (QED) is 0.378. The van der Waals surface area contributed by atoms with Gasteiger partial charge < -0.3 is 0 Å².